The molecule has 0 aromatic rings. The molecular weight excluding hydrogens is 281 g/mol. The molecule has 4 heteroatoms. The van der Waals surface area contributed by atoms with Crippen LogP contribution in [0.25, 0.3) is 0 Å². The van der Waals surface area contributed by atoms with Gasteiger partial charge in [0.1, 0.15) is 0 Å². The summed E-state index contributed by atoms with van der Waals surface area (Å²) in [6.45, 7) is 1.65. The van der Waals surface area contributed by atoms with Gasteiger partial charge in [-0.1, -0.05) is 22.6 Å². The van der Waals surface area contributed by atoms with Crippen molar-refractivity contribution in [3.8, 4) is 6.07 Å². The third-order valence-electron chi connectivity index (χ3n) is 2.38. The Morgan fingerprint density at radius 1 is 1.69 bits per heavy atom. The Morgan fingerprint density at radius 3 is 2.77 bits per heavy atom. The van der Waals surface area contributed by atoms with Gasteiger partial charge in [-0.2, -0.15) is 5.26 Å². The first-order valence-corrected chi connectivity index (χ1v) is 6.00. The molecule has 1 rings (SSSR count). The number of nitriles is 1. The summed E-state index contributed by atoms with van der Waals surface area (Å²) in [6, 6.07) is 2.11. The summed E-state index contributed by atoms with van der Waals surface area (Å²) in [5.74, 6) is -0.368. The zero-order valence-electron chi connectivity index (χ0n) is 7.61. The molecule has 74 valence electrons. The highest BCUT2D eigenvalue weighted by Crippen LogP contribution is 2.27. The maximum absolute atomic E-state index is 9.33. The largest absolute Gasteiger partial charge is 0.392 e. The summed E-state index contributed by atoms with van der Waals surface area (Å²) < 4.78 is 6.60. The molecule has 13 heavy (non-hydrogen) atoms. The van der Waals surface area contributed by atoms with Crippen LogP contribution in [0.1, 0.15) is 19.8 Å². The Bertz CT molecular complexity index is 202. The lowest BCUT2D eigenvalue weighted by Crippen LogP contribution is -2.29. The maximum atomic E-state index is 9.33. The molecular formula is C9H14INO2. The highest BCUT2D eigenvalue weighted by atomic mass is 127. The minimum atomic E-state index is -0.594. The van der Waals surface area contributed by atoms with E-state index < -0.39 is 6.10 Å². The zero-order chi connectivity index (χ0) is 9.84. The van der Waals surface area contributed by atoms with Gasteiger partial charge in [0.05, 0.1) is 30.3 Å². The second-order valence-corrected chi connectivity index (χ2v) is 4.30. The molecule has 4 atom stereocenters. The van der Waals surface area contributed by atoms with Crippen LogP contribution < -0.4 is 0 Å². The summed E-state index contributed by atoms with van der Waals surface area (Å²) in [4.78, 5) is 0. The molecule has 1 heterocycles. The van der Waals surface area contributed by atoms with Gasteiger partial charge in [0.15, 0.2) is 0 Å². The van der Waals surface area contributed by atoms with E-state index in [1.54, 1.807) is 6.92 Å². The fourth-order valence-electron chi connectivity index (χ4n) is 1.61. The van der Waals surface area contributed by atoms with E-state index in [2.05, 4.69) is 28.7 Å². The number of aliphatic hydroxyl groups excluding tert-OH is 1. The topological polar surface area (TPSA) is 53.2 Å². The molecule has 0 aromatic heterocycles. The fraction of sp³-hybridized carbons (Fsp3) is 0.889. The summed E-state index contributed by atoms with van der Waals surface area (Å²) >= 11 is 2.28. The van der Waals surface area contributed by atoms with E-state index in [0.29, 0.717) is 0 Å². The maximum Gasteiger partial charge on any atom is 0.0981 e. The van der Waals surface area contributed by atoms with Gasteiger partial charge in [0.25, 0.3) is 0 Å². The lowest BCUT2D eigenvalue weighted by Gasteiger charge is -2.19. The predicted molar refractivity (Wildman–Crippen MR) is 57.6 cm³/mol. The minimum absolute atomic E-state index is 0.0650. The average molecular weight is 295 g/mol. The predicted octanol–water partition coefficient (Wildman–Crippen LogP) is 1.49. The van der Waals surface area contributed by atoms with Crippen LogP contribution in [0.4, 0.5) is 0 Å². The lowest BCUT2D eigenvalue weighted by atomic mass is 9.96. The molecule has 0 aromatic carbocycles. The molecule has 0 aliphatic carbocycles. The first-order chi connectivity index (χ1) is 6.19. The lowest BCUT2D eigenvalue weighted by molar-refractivity contribution is -0.000631. The van der Waals surface area contributed by atoms with Crippen molar-refractivity contribution < 1.29 is 9.84 Å². The summed E-state index contributed by atoms with van der Waals surface area (Å²) in [5, 5.41) is 18.2. The Hall–Kier alpha value is 0.140. The molecule has 1 aliphatic rings. The van der Waals surface area contributed by atoms with E-state index in [-0.39, 0.29) is 18.1 Å². The van der Waals surface area contributed by atoms with Crippen LogP contribution in [-0.4, -0.2) is 27.8 Å². The van der Waals surface area contributed by atoms with Gasteiger partial charge in [-0.15, -0.1) is 0 Å². The van der Waals surface area contributed by atoms with Gasteiger partial charge in [0, 0.05) is 4.43 Å². The Labute approximate surface area is 92.2 Å². The number of halogens is 1. The molecule has 1 N–H and O–H groups in total. The van der Waals surface area contributed by atoms with E-state index >= 15 is 0 Å². The van der Waals surface area contributed by atoms with Crippen molar-refractivity contribution in [1.29, 1.82) is 5.26 Å². The van der Waals surface area contributed by atoms with E-state index in [1.807, 2.05) is 0 Å². The van der Waals surface area contributed by atoms with Crippen molar-refractivity contribution in [1.82, 2.24) is 0 Å². The summed E-state index contributed by atoms with van der Waals surface area (Å²) in [6.07, 6.45) is 1.53. The number of hydrogen-bond acceptors (Lipinski definition) is 3. The van der Waals surface area contributed by atoms with Gasteiger partial charge in [0.2, 0.25) is 0 Å². The van der Waals surface area contributed by atoms with E-state index in [4.69, 9.17) is 10.00 Å². The van der Waals surface area contributed by atoms with Gasteiger partial charge < -0.3 is 9.84 Å². The van der Waals surface area contributed by atoms with Crippen LogP contribution in [0.5, 0.6) is 0 Å². The quantitative estimate of drug-likeness (QED) is 0.634. The minimum Gasteiger partial charge on any atom is -0.392 e. The molecule has 0 unspecified atom stereocenters. The number of rotatable bonds is 3. The van der Waals surface area contributed by atoms with Crippen LogP contribution in [0, 0.1) is 17.2 Å². The van der Waals surface area contributed by atoms with Crippen molar-refractivity contribution in [3.05, 3.63) is 0 Å². The number of aliphatic hydroxyl groups is 1. The van der Waals surface area contributed by atoms with Gasteiger partial charge in [-0.25, -0.2) is 0 Å². The van der Waals surface area contributed by atoms with Gasteiger partial charge >= 0.3 is 0 Å². The van der Waals surface area contributed by atoms with E-state index in [0.717, 1.165) is 17.3 Å². The highest BCUT2D eigenvalue weighted by molar-refractivity contribution is 14.1. The van der Waals surface area contributed by atoms with Crippen molar-refractivity contribution in [2.45, 2.75) is 38.1 Å². The van der Waals surface area contributed by atoms with Crippen molar-refractivity contribution in [2.75, 3.05) is 4.43 Å². The monoisotopic (exact) mass is 295 g/mol. The smallest absolute Gasteiger partial charge is 0.0981 e. The van der Waals surface area contributed by atoms with Crippen LogP contribution in [0.2, 0.25) is 0 Å². The zero-order valence-corrected chi connectivity index (χ0v) is 9.77. The fourth-order valence-corrected chi connectivity index (χ4v) is 2.26. The third kappa shape index (κ3) is 2.79. The van der Waals surface area contributed by atoms with Crippen molar-refractivity contribution in [2.24, 2.45) is 5.92 Å². The average Bonchev–Trinajstić information content (AvgIpc) is 2.53. The Morgan fingerprint density at radius 2 is 2.38 bits per heavy atom. The number of ether oxygens (including phenoxy) is 1. The molecule has 0 saturated carbocycles. The summed E-state index contributed by atoms with van der Waals surface area (Å²) in [7, 11) is 0. The van der Waals surface area contributed by atoms with E-state index in [9.17, 15) is 5.11 Å². The molecule has 0 radical (unpaired) electrons. The number of nitrogens with zero attached hydrogens (tertiary/aromatic N) is 1. The second-order valence-electron chi connectivity index (χ2n) is 3.42. The Kier molecular flexibility index (Phi) is 4.42. The van der Waals surface area contributed by atoms with Gasteiger partial charge in [-0.05, 0) is 19.8 Å². The Balaban J connectivity index is 2.49. The number of hydrogen-bond donors (Lipinski definition) is 1. The van der Waals surface area contributed by atoms with Gasteiger partial charge in [-0.3, -0.25) is 0 Å². The molecule has 0 amide bonds. The van der Waals surface area contributed by atoms with Crippen LogP contribution in [0.3, 0.4) is 0 Å². The number of alkyl halides is 1. The molecule has 0 bridgehead atoms. The highest BCUT2D eigenvalue weighted by Gasteiger charge is 2.33. The first-order valence-electron chi connectivity index (χ1n) is 4.48. The molecule has 1 saturated heterocycles. The first kappa shape index (κ1) is 11.2. The van der Waals surface area contributed by atoms with Crippen LogP contribution >= 0.6 is 22.6 Å². The van der Waals surface area contributed by atoms with Crippen molar-refractivity contribution in [3.63, 3.8) is 0 Å². The third-order valence-corrected chi connectivity index (χ3v) is 3.36. The second kappa shape index (κ2) is 5.13. The molecule has 0 spiro atoms. The van der Waals surface area contributed by atoms with E-state index in [1.165, 1.54) is 0 Å². The molecule has 1 fully saturated rings. The molecule has 1 aliphatic heterocycles. The van der Waals surface area contributed by atoms with Crippen LogP contribution in [0.15, 0.2) is 0 Å². The summed E-state index contributed by atoms with van der Waals surface area (Å²) in [5.41, 5.74) is 0. The normalized spacial score (nSPS) is 32.5. The van der Waals surface area contributed by atoms with Crippen molar-refractivity contribution >= 4 is 22.6 Å². The molecule has 3 nitrogen and oxygen atoms in total. The standard InChI is InChI=1S/C9H14INO2/c1-6(12)8(5-11)9-3-2-7(4-10)13-9/h6-9,12H,2-4H2,1H3/t6-,7-,8-,9-/m0/s1. The SMILES string of the molecule is C[C@H](O)[C@H](C#N)[C@@H]1CC[C@@H](CI)O1. The van der Waals surface area contributed by atoms with Crippen LogP contribution in [-0.2, 0) is 4.74 Å².